The first-order valence-electron chi connectivity index (χ1n) is 5.99. The highest BCUT2D eigenvalue weighted by Gasteiger charge is 2.31. The number of rotatable bonds is 3. The van der Waals surface area contributed by atoms with Crippen LogP contribution < -0.4 is 0 Å². The zero-order valence-electron chi connectivity index (χ0n) is 10.8. The lowest BCUT2D eigenvalue weighted by molar-refractivity contribution is -0.110. The molecule has 0 aliphatic carbocycles. The van der Waals surface area contributed by atoms with Crippen molar-refractivity contribution in [1.82, 2.24) is 9.80 Å². The number of carbonyl (C=O) groups excluding carboxylic acids is 1. The van der Waals surface area contributed by atoms with Crippen LogP contribution in [0.25, 0.3) is 0 Å². The maximum Gasteiger partial charge on any atom is 0.407 e. The maximum absolute atomic E-state index is 11.0. The monoisotopic (exact) mass is 242 g/mol. The number of hydrogen-bond donors (Lipinski definition) is 1. The van der Waals surface area contributed by atoms with E-state index in [-0.39, 0.29) is 11.5 Å². The van der Waals surface area contributed by atoms with Crippen LogP contribution in [0, 0.1) is 5.41 Å². The molecule has 1 amide bonds. The number of hydrogen-bond acceptors (Lipinski definition) is 3. The van der Waals surface area contributed by atoms with E-state index in [2.05, 4.69) is 25.7 Å². The third-order valence-electron chi connectivity index (χ3n) is 3.03. The predicted octanol–water partition coefficient (Wildman–Crippen LogP) is 1.29. The van der Waals surface area contributed by atoms with E-state index in [4.69, 9.17) is 5.11 Å². The second kappa shape index (κ2) is 5.49. The third-order valence-corrected chi connectivity index (χ3v) is 3.03. The molecule has 1 fully saturated rings. The molecule has 1 aliphatic rings. The fraction of sp³-hybridized carbons (Fsp3) is 0.833. The Morgan fingerprint density at radius 1 is 1.41 bits per heavy atom. The normalized spacial score (nSPS) is 22.5. The van der Waals surface area contributed by atoms with Crippen molar-refractivity contribution >= 4 is 12.4 Å². The molecule has 5 nitrogen and oxygen atoms in total. The van der Waals surface area contributed by atoms with Crippen LogP contribution in [0.1, 0.15) is 27.2 Å². The van der Waals surface area contributed by atoms with Crippen molar-refractivity contribution in [2.45, 2.75) is 33.2 Å². The van der Waals surface area contributed by atoms with Crippen LogP contribution in [0.5, 0.6) is 0 Å². The molecule has 1 heterocycles. The Morgan fingerprint density at radius 2 is 2.06 bits per heavy atom. The molecule has 1 rings (SSSR count). The second-order valence-electron chi connectivity index (χ2n) is 5.81. The van der Waals surface area contributed by atoms with Gasteiger partial charge < -0.3 is 14.8 Å². The number of amides is 1. The van der Waals surface area contributed by atoms with Crippen LogP contribution in [-0.4, -0.2) is 59.5 Å². The SMILES string of the molecule is CC(C)(C)C[C@@H]1CN(C(=O)O)CCN1CC=O. The molecule has 1 saturated heterocycles. The highest BCUT2D eigenvalue weighted by Crippen LogP contribution is 2.25. The van der Waals surface area contributed by atoms with Crippen molar-refractivity contribution in [2.24, 2.45) is 5.41 Å². The van der Waals surface area contributed by atoms with Gasteiger partial charge in [0.05, 0.1) is 6.54 Å². The highest BCUT2D eigenvalue weighted by atomic mass is 16.4. The Morgan fingerprint density at radius 3 is 2.53 bits per heavy atom. The lowest BCUT2D eigenvalue weighted by Crippen LogP contribution is -2.55. The molecular weight excluding hydrogens is 220 g/mol. The average Bonchev–Trinajstić information content (AvgIpc) is 2.18. The van der Waals surface area contributed by atoms with Gasteiger partial charge in [-0.25, -0.2) is 4.79 Å². The number of carbonyl (C=O) groups is 2. The van der Waals surface area contributed by atoms with Gasteiger partial charge in [0.25, 0.3) is 0 Å². The van der Waals surface area contributed by atoms with Crippen LogP contribution in [0.15, 0.2) is 0 Å². The van der Waals surface area contributed by atoms with Gasteiger partial charge in [0.1, 0.15) is 6.29 Å². The van der Waals surface area contributed by atoms with Crippen molar-refractivity contribution in [3.05, 3.63) is 0 Å². The molecule has 1 atom stereocenters. The third kappa shape index (κ3) is 4.34. The summed E-state index contributed by atoms with van der Waals surface area (Å²) in [4.78, 5) is 25.1. The summed E-state index contributed by atoms with van der Waals surface area (Å²) in [5, 5.41) is 9.01. The summed E-state index contributed by atoms with van der Waals surface area (Å²) in [6.07, 6.45) is 0.922. The first-order chi connectivity index (χ1) is 7.83. The maximum atomic E-state index is 11.0. The van der Waals surface area contributed by atoms with E-state index < -0.39 is 6.09 Å². The molecule has 0 radical (unpaired) electrons. The smallest absolute Gasteiger partial charge is 0.407 e. The molecule has 0 unspecified atom stereocenters. The second-order valence-corrected chi connectivity index (χ2v) is 5.81. The van der Waals surface area contributed by atoms with Gasteiger partial charge in [0, 0.05) is 25.7 Å². The minimum absolute atomic E-state index is 0.132. The summed E-state index contributed by atoms with van der Waals surface area (Å²) in [6, 6.07) is 0.144. The largest absolute Gasteiger partial charge is 0.465 e. The van der Waals surface area contributed by atoms with Gasteiger partial charge in [-0.1, -0.05) is 20.8 Å². The van der Waals surface area contributed by atoms with Crippen molar-refractivity contribution < 1.29 is 14.7 Å². The molecule has 0 spiro atoms. The van der Waals surface area contributed by atoms with Gasteiger partial charge in [0.15, 0.2) is 0 Å². The van der Waals surface area contributed by atoms with Gasteiger partial charge in [-0.2, -0.15) is 0 Å². The van der Waals surface area contributed by atoms with Gasteiger partial charge >= 0.3 is 6.09 Å². The fourth-order valence-electron chi connectivity index (χ4n) is 2.30. The molecule has 98 valence electrons. The van der Waals surface area contributed by atoms with E-state index in [1.807, 2.05) is 0 Å². The van der Waals surface area contributed by atoms with Crippen LogP contribution in [0.3, 0.4) is 0 Å². The van der Waals surface area contributed by atoms with Crippen molar-refractivity contribution in [3.63, 3.8) is 0 Å². The molecule has 5 heteroatoms. The molecule has 0 aromatic carbocycles. The van der Waals surface area contributed by atoms with E-state index in [1.54, 1.807) is 0 Å². The Kier molecular flexibility index (Phi) is 4.51. The van der Waals surface area contributed by atoms with E-state index in [1.165, 1.54) is 4.90 Å². The molecule has 0 saturated carbocycles. The number of piperazine rings is 1. The van der Waals surface area contributed by atoms with Crippen molar-refractivity contribution in [3.8, 4) is 0 Å². The summed E-state index contributed by atoms with van der Waals surface area (Å²) >= 11 is 0. The highest BCUT2D eigenvalue weighted by molar-refractivity contribution is 5.65. The van der Waals surface area contributed by atoms with Gasteiger partial charge in [0.2, 0.25) is 0 Å². The molecule has 0 aromatic rings. The average molecular weight is 242 g/mol. The van der Waals surface area contributed by atoms with Crippen molar-refractivity contribution in [1.29, 1.82) is 0 Å². The van der Waals surface area contributed by atoms with Gasteiger partial charge in [-0.3, -0.25) is 4.90 Å². The minimum Gasteiger partial charge on any atom is -0.465 e. The number of carboxylic acid groups (broad SMARTS) is 1. The lowest BCUT2D eigenvalue weighted by Gasteiger charge is -2.42. The van der Waals surface area contributed by atoms with Crippen molar-refractivity contribution in [2.75, 3.05) is 26.2 Å². The Hall–Kier alpha value is -1.10. The zero-order chi connectivity index (χ0) is 13.1. The van der Waals surface area contributed by atoms with Crippen LogP contribution in [0.2, 0.25) is 0 Å². The van der Waals surface area contributed by atoms with Crippen LogP contribution >= 0.6 is 0 Å². The lowest BCUT2D eigenvalue weighted by atomic mass is 9.86. The van der Waals surface area contributed by atoms with E-state index in [9.17, 15) is 9.59 Å². The first-order valence-corrected chi connectivity index (χ1v) is 5.99. The number of aldehydes is 1. The summed E-state index contributed by atoms with van der Waals surface area (Å²) in [7, 11) is 0. The van der Waals surface area contributed by atoms with E-state index in [0.29, 0.717) is 26.2 Å². The van der Waals surface area contributed by atoms with Gasteiger partial charge in [-0.15, -0.1) is 0 Å². The first kappa shape index (κ1) is 14.0. The molecule has 1 N–H and O–H groups in total. The predicted molar refractivity (Wildman–Crippen MR) is 65.1 cm³/mol. The van der Waals surface area contributed by atoms with E-state index >= 15 is 0 Å². The quantitative estimate of drug-likeness (QED) is 0.757. The van der Waals surface area contributed by atoms with Crippen LogP contribution in [0.4, 0.5) is 4.79 Å². The topological polar surface area (TPSA) is 60.9 Å². The van der Waals surface area contributed by atoms with E-state index in [0.717, 1.165) is 12.7 Å². The standard InChI is InChI=1S/C12H22N2O3/c1-12(2,3)8-10-9-14(11(16)17)5-4-13(10)6-7-15/h7,10H,4-6,8-9H2,1-3H3,(H,16,17)/t10-/m1/s1. The molecule has 17 heavy (non-hydrogen) atoms. The Balaban J connectivity index is 2.68. The molecule has 0 aromatic heterocycles. The van der Waals surface area contributed by atoms with Gasteiger partial charge in [-0.05, 0) is 11.8 Å². The molecule has 1 aliphatic heterocycles. The summed E-state index contributed by atoms with van der Waals surface area (Å²) < 4.78 is 0. The molecular formula is C12H22N2O3. The summed E-state index contributed by atoms with van der Waals surface area (Å²) in [5.74, 6) is 0. The minimum atomic E-state index is -0.866. The summed E-state index contributed by atoms with van der Waals surface area (Å²) in [6.45, 7) is 8.42. The summed E-state index contributed by atoms with van der Waals surface area (Å²) in [5.41, 5.74) is 0.132. The molecule has 0 bridgehead atoms. The fourth-order valence-corrected chi connectivity index (χ4v) is 2.30. The Labute approximate surface area is 102 Å². The Bertz CT molecular complexity index is 286. The zero-order valence-corrected chi connectivity index (χ0v) is 10.8. The number of nitrogens with zero attached hydrogens (tertiary/aromatic N) is 2. The van der Waals surface area contributed by atoms with Crippen LogP contribution in [-0.2, 0) is 4.79 Å².